The lowest BCUT2D eigenvalue weighted by Gasteiger charge is -2.18. The molecule has 0 aliphatic heterocycles. The van der Waals surface area contributed by atoms with Crippen LogP contribution < -0.4 is 5.32 Å². The zero-order valence-electron chi connectivity index (χ0n) is 9.18. The molecule has 1 heterocycles. The van der Waals surface area contributed by atoms with E-state index in [9.17, 15) is 0 Å². The average molecular weight is 221 g/mol. The van der Waals surface area contributed by atoms with Crippen molar-refractivity contribution in [3.8, 4) is 6.07 Å². The normalized spacial score (nSPS) is 11.8. The first kappa shape index (κ1) is 12.4. The molecule has 5 heteroatoms. The van der Waals surface area contributed by atoms with Gasteiger partial charge < -0.3 is 15.2 Å². The van der Waals surface area contributed by atoms with E-state index in [1.54, 1.807) is 25.4 Å². The summed E-state index contributed by atoms with van der Waals surface area (Å²) in [5, 5.41) is 20.9. The van der Waals surface area contributed by atoms with Crippen LogP contribution in [-0.4, -0.2) is 36.5 Å². The van der Waals surface area contributed by atoms with Crippen LogP contribution in [-0.2, 0) is 4.74 Å². The number of nitriles is 1. The van der Waals surface area contributed by atoms with E-state index in [2.05, 4.69) is 10.3 Å². The Morgan fingerprint density at radius 3 is 3.12 bits per heavy atom. The number of anilines is 1. The van der Waals surface area contributed by atoms with Crippen LogP contribution in [0.25, 0.3) is 0 Å². The van der Waals surface area contributed by atoms with E-state index in [0.717, 1.165) is 0 Å². The highest BCUT2D eigenvalue weighted by Crippen LogP contribution is 2.13. The van der Waals surface area contributed by atoms with Gasteiger partial charge in [0, 0.05) is 19.9 Å². The van der Waals surface area contributed by atoms with Gasteiger partial charge in [0.25, 0.3) is 0 Å². The van der Waals surface area contributed by atoms with Crippen molar-refractivity contribution in [3.63, 3.8) is 0 Å². The Morgan fingerprint density at radius 1 is 1.69 bits per heavy atom. The minimum Gasteiger partial charge on any atom is -0.396 e. The van der Waals surface area contributed by atoms with Crippen molar-refractivity contribution >= 4 is 5.69 Å². The number of ether oxygens (including phenoxy) is 1. The third kappa shape index (κ3) is 3.50. The fourth-order valence-corrected chi connectivity index (χ4v) is 1.38. The number of hydrogen-bond donors (Lipinski definition) is 2. The van der Waals surface area contributed by atoms with E-state index < -0.39 is 0 Å². The Labute approximate surface area is 94.7 Å². The fraction of sp³-hybridized carbons (Fsp3) is 0.455. The molecule has 0 amide bonds. The number of aliphatic hydroxyl groups excluding tert-OH is 1. The lowest BCUT2D eigenvalue weighted by atomic mass is 10.2. The second-order valence-electron chi connectivity index (χ2n) is 3.32. The van der Waals surface area contributed by atoms with Gasteiger partial charge >= 0.3 is 0 Å². The van der Waals surface area contributed by atoms with Gasteiger partial charge in [-0.3, -0.25) is 0 Å². The summed E-state index contributed by atoms with van der Waals surface area (Å²) in [6.45, 7) is 0.545. The topological polar surface area (TPSA) is 78.2 Å². The van der Waals surface area contributed by atoms with Gasteiger partial charge in [-0.15, -0.1) is 0 Å². The first-order valence-corrected chi connectivity index (χ1v) is 5.03. The van der Waals surface area contributed by atoms with Gasteiger partial charge in [0.2, 0.25) is 0 Å². The second kappa shape index (κ2) is 6.77. The molecule has 0 radical (unpaired) electrons. The molecule has 86 valence electrons. The molecule has 0 saturated heterocycles. The Kier molecular flexibility index (Phi) is 5.26. The van der Waals surface area contributed by atoms with Gasteiger partial charge in [-0.1, -0.05) is 0 Å². The third-order valence-electron chi connectivity index (χ3n) is 2.12. The number of aliphatic hydroxyl groups is 1. The predicted octanol–water partition coefficient (Wildman–Crippen LogP) is 0.763. The number of nitrogens with zero attached hydrogens (tertiary/aromatic N) is 2. The van der Waals surface area contributed by atoms with Crippen LogP contribution in [0, 0.1) is 11.3 Å². The van der Waals surface area contributed by atoms with Crippen LogP contribution in [0.15, 0.2) is 18.3 Å². The first-order chi connectivity index (χ1) is 7.81. The maximum atomic E-state index is 8.89. The van der Waals surface area contributed by atoms with Crippen molar-refractivity contribution in [2.24, 2.45) is 0 Å². The quantitative estimate of drug-likeness (QED) is 0.741. The van der Waals surface area contributed by atoms with Crippen LogP contribution in [0.1, 0.15) is 12.1 Å². The highest BCUT2D eigenvalue weighted by atomic mass is 16.5. The highest BCUT2D eigenvalue weighted by Gasteiger charge is 2.10. The molecule has 1 aromatic heterocycles. The predicted molar refractivity (Wildman–Crippen MR) is 59.9 cm³/mol. The number of aromatic nitrogens is 1. The zero-order valence-corrected chi connectivity index (χ0v) is 9.18. The van der Waals surface area contributed by atoms with Gasteiger partial charge in [0.15, 0.2) is 5.69 Å². The molecule has 0 aromatic carbocycles. The Hall–Kier alpha value is -1.64. The Balaban J connectivity index is 2.72. The van der Waals surface area contributed by atoms with Gasteiger partial charge in [-0.25, -0.2) is 4.98 Å². The summed E-state index contributed by atoms with van der Waals surface area (Å²) < 4.78 is 5.03. The maximum absolute atomic E-state index is 8.89. The fourth-order valence-electron chi connectivity index (χ4n) is 1.38. The number of methoxy groups -OCH3 is 1. The lowest BCUT2D eigenvalue weighted by Crippen LogP contribution is -2.26. The zero-order chi connectivity index (χ0) is 11.8. The SMILES string of the molecule is COCC(CCO)Nc1cccnc1C#N. The number of pyridine rings is 1. The van der Waals surface area contributed by atoms with Crippen molar-refractivity contribution in [2.75, 3.05) is 25.6 Å². The molecule has 16 heavy (non-hydrogen) atoms. The molecule has 1 unspecified atom stereocenters. The Bertz CT molecular complexity index is 356. The first-order valence-electron chi connectivity index (χ1n) is 5.03. The minimum atomic E-state index is -0.0219. The molecule has 1 atom stereocenters. The van der Waals surface area contributed by atoms with E-state index >= 15 is 0 Å². The number of rotatable bonds is 6. The molecule has 1 aromatic rings. The molecule has 0 spiro atoms. The number of hydrogen-bond acceptors (Lipinski definition) is 5. The van der Waals surface area contributed by atoms with Gasteiger partial charge in [-0.05, 0) is 18.6 Å². The van der Waals surface area contributed by atoms with Crippen molar-refractivity contribution in [3.05, 3.63) is 24.0 Å². The van der Waals surface area contributed by atoms with Crippen LogP contribution >= 0.6 is 0 Å². The molecule has 5 nitrogen and oxygen atoms in total. The van der Waals surface area contributed by atoms with Crippen molar-refractivity contribution in [1.82, 2.24) is 4.98 Å². The highest BCUT2D eigenvalue weighted by molar-refractivity contribution is 5.53. The van der Waals surface area contributed by atoms with E-state index in [1.165, 1.54) is 0 Å². The van der Waals surface area contributed by atoms with Crippen LogP contribution in [0.3, 0.4) is 0 Å². The van der Waals surface area contributed by atoms with Gasteiger partial charge in [-0.2, -0.15) is 5.26 Å². The molecule has 0 bridgehead atoms. The summed E-state index contributed by atoms with van der Waals surface area (Å²) in [4.78, 5) is 3.94. The average Bonchev–Trinajstić information content (AvgIpc) is 2.30. The van der Waals surface area contributed by atoms with E-state index in [0.29, 0.717) is 24.4 Å². The molecule has 0 fully saturated rings. The molecule has 0 saturated carbocycles. The second-order valence-corrected chi connectivity index (χ2v) is 3.32. The molecule has 0 aliphatic carbocycles. The van der Waals surface area contributed by atoms with Crippen LogP contribution in [0.2, 0.25) is 0 Å². The van der Waals surface area contributed by atoms with Gasteiger partial charge in [0.05, 0.1) is 18.3 Å². The minimum absolute atomic E-state index is 0.0219. The number of nitrogens with one attached hydrogen (secondary N) is 1. The van der Waals surface area contributed by atoms with Crippen molar-refractivity contribution in [1.29, 1.82) is 5.26 Å². The summed E-state index contributed by atoms with van der Waals surface area (Å²) in [6.07, 6.45) is 2.13. The summed E-state index contributed by atoms with van der Waals surface area (Å²) >= 11 is 0. The molecule has 0 aliphatic rings. The lowest BCUT2D eigenvalue weighted by molar-refractivity contribution is 0.170. The summed E-state index contributed by atoms with van der Waals surface area (Å²) in [5.74, 6) is 0. The van der Waals surface area contributed by atoms with E-state index in [4.69, 9.17) is 15.1 Å². The molecule has 2 N–H and O–H groups in total. The maximum Gasteiger partial charge on any atom is 0.163 e. The molecular formula is C11H15N3O2. The van der Waals surface area contributed by atoms with Crippen molar-refractivity contribution in [2.45, 2.75) is 12.5 Å². The van der Waals surface area contributed by atoms with Crippen LogP contribution in [0.4, 0.5) is 5.69 Å². The largest absolute Gasteiger partial charge is 0.396 e. The molecule has 1 rings (SSSR count). The molecular weight excluding hydrogens is 206 g/mol. The monoisotopic (exact) mass is 221 g/mol. The third-order valence-corrected chi connectivity index (χ3v) is 2.12. The van der Waals surface area contributed by atoms with E-state index in [-0.39, 0.29) is 12.6 Å². The van der Waals surface area contributed by atoms with Crippen molar-refractivity contribution < 1.29 is 9.84 Å². The standard InChI is InChI=1S/C11H15N3O2/c1-16-8-9(4-6-15)14-10-3-2-5-13-11(10)7-12/h2-3,5,9,14-15H,4,6,8H2,1H3. The summed E-state index contributed by atoms with van der Waals surface area (Å²) in [5.41, 5.74) is 1.02. The summed E-state index contributed by atoms with van der Waals surface area (Å²) in [7, 11) is 1.60. The Morgan fingerprint density at radius 2 is 2.50 bits per heavy atom. The van der Waals surface area contributed by atoms with E-state index in [1.807, 2.05) is 6.07 Å². The smallest absolute Gasteiger partial charge is 0.163 e. The summed E-state index contributed by atoms with van der Waals surface area (Å²) in [6, 6.07) is 5.53. The van der Waals surface area contributed by atoms with Gasteiger partial charge in [0.1, 0.15) is 6.07 Å². The van der Waals surface area contributed by atoms with Crippen LogP contribution in [0.5, 0.6) is 0 Å².